The van der Waals surface area contributed by atoms with Crippen LogP contribution >= 0.6 is 0 Å². The second-order valence-corrected chi connectivity index (χ2v) is 12.5. The molecule has 0 N–H and O–H groups in total. The van der Waals surface area contributed by atoms with E-state index in [1.54, 1.807) is 0 Å². The molecule has 0 radical (unpaired) electrons. The Morgan fingerprint density at radius 1 is 0.593 bits per heavy atom. The number of hydrogen-bond acceptors (Lipinski definition) is 2. The van der Waals surface area contributed by atoms with Crippen LogP contribution in [0.15, 0.2) is 0 Å². The highest BCUT2D eigenvalue weighted by atomic mass is 28.3. The van der Waals surface area contributed by atoms with Crippen LogP contribution in [0.25, 0.3) is 0 Å². The van der Waals surface area contributed by atoms with E-state index in [0.29, 0.717) is 0 Å². The van der Waals surface area contributed by atoms with Gasteiger partial charge in [0.2, 0.25) is 0 Å². The van der Waals surface area contributed by atoms with Crippen molar-refractivity contribution in [3.63, 3.8) is 0 Å². The molecule has 3 saturated carbocycles. The van der Waals surface area contributed by atoms with Crippen LogP contribution in [0.2, 0.25) is 5.54 Å². The summed E-state index contributed by atoms with van der Waals surface area (Å²) in [5.74, 6) is 3.26. The minimum absolute atomic E-state index is 0.725. The third-order valence-electron chi connectivity index (χ3n) is 7.99. The lowest BCUT2D eigenvalue weighted by atomic mass is 9.81. The van der Waals surface area contributed by atoms with E-state index in [4.69, 9.17) is 8.85 Å². The first-order valence-corrected chi connectivity index (χ1v) is 14.1. The van der Waals surface area contributed by atoms with E-state index < -0.39 is 9.28 Å². The minimum atomic E-state index is -1.54. The summed E-state index contributed by atoms with van der Waals surface area (Å²) in [7, 11) is -1.54. The van der Waals surface area contributed by atoms with Crippen molar-refractivity contribution in [2.75, 3.05) is 13.2 Å². The minimum Gasteiger partial charge on any atom is -0.396 e. The highest BCUT2D eigenvalue weighted by molar-refractivity contribution is 6.46. The SMILES string of the molecule is CC(CO[SiH](OCC(C)C1CCCCC1)C1CCCCC1)C1CCCCC1. The van der Waals surface area contributed by atoms with Crippen molar-refractivity contribution in [1.29, 1.82) is 0 Å². The molecule has 0 amide bonds. The molecule has 0 bridgehead atoms. The highest BCUT2D eigenvalue weighted by Gasteiger charge is 2.31. The molecule has 0 spiro atoms. The normalized spacial score (nSPS) is 27.3. The molecule has 3 aliphatic carbocycles. The molecule has 2 unspecified atom stereocenters. The van der Waals surface area contributed by atoms with E-state index in [9.17, 15) is 0 Å². The summed E-state index contributed by atoms with van der Waals surface area (Å²) in [5.41, 5.74) is 0.774. The fraction of sp³-hybridized carbons (Fsp3) is 1.00. The van der Waals surface area contributed by atoms with Gasteiger partial charge in [0.05, 0.1) is 0 Å². The Morgan fingerprint density at radius 3 is 1.37 bits per heavy atom. The molecule has 0 aromatic carbocycles. The van der Waals surface area contributed by atoms with Crippen molar-refractivity contribution in [1.82, 2.24) is 0 Å². The fourth-order valence-corrected chi connectivity index (χ4v) is 8.54. The van der Waals surface area contributed by atoms with Crippen LogP contribution in [0.3, 0.4) is 0 Å². The van der Waals surface area contributed by atoms with E-state index in [1.807, 2.05) is 0 Å². The van der Waals surface area contributed by atoms with E-state index in [1.165, 1.54) is 96.3 Å². The molecular formula is C24H46O2Si. The van der Waals surface area contributed by atoms with Gasteiger partial charge in [0.15, 0.2) is 0 Å². The molecule has 0 heterocycles. The first-order chi connectivity index (χ1) is 13.2. The monoisotopic (exact) mass is 394 g/mol. The lowest BCUT2D eigenvalue weighted by molar-refractivity contribution is 0.103. The van der Waals surface area contributed by atoms with Crippen molar-refractivity contribution < 1.29 is 8.85 Å². The molecule has 0 saturated heterocycles. The van der Waals surface area contributed by atoms with E-state index in [-0.39, 0.29) is 0 Å². The molecule has 3 fully saturated rings. The average Bonchev–Trinajstić information content (AvgIpc) is 2.75. The van der Waals surface area contributed by atoms with E-state index in [2.05, 4.69) is 13.8 Å². The first-order valence-electron chi connectivity index (χ1n) is 12.5. The summed E-state index contributed by atoms with van der Waals surface area (Å²) in [6, 6.07) is 0. The van der Waals surface area contributed by atoms with Crippen LogP contribution in [-0.2, 0) is 8.85 Å². The van der Waals surface area contributed by atoms with Crippen molar-refractivity contribution in [3.8, 4) is 0 Å². The van der Waals surface area contributed by atoms with Gasteiger partial charge in [-0.15, -0.1) is 0 Å². The van der Waals surface area contributed by atoms with Gasteiger partial charge in [0.25, 0.3) is 0 Å². The van der Waals surface area contributed by atoms with Gasteiger partial charge in [-0.25, -0.2) is 0 Å². The van der Waals surface area contributed by atoms with Gasteiger partial charge >= 0.3 is 9.28 Å². The summed E-state index contributed by atoms with van der Waals surface area (Å²) in [4.78, 5) is 0. The average molecular weight is 395 g/mol. The topological polar surface area (TPSA) is 18.5 Å². The van der Waals surface area contributed by atoms with Crippen LogP contribution in [0.4, 0.5) is 0 Å². The van der Waals surface area contributed by atoms with Crippen LogP contribution in [0.5, 0.6) is 0 Å². The fourth-order valence-electron chi connectivity index (χ4n) is 5.90. The third kappa shape index (κ3) is 7.15. The van der Waals surface area contributed by atoms with Gasteiger partial charge < -0.3 is 8.85 Å². The molecule has 0 aromatic heterocycles. The van der Waals surface area contributed by atoms with Crippen LogP contribution in [-0.4, -0.2) is 22.5 Å². The molecular weight excluding hydrogens is 348 g/mol. The lowest BCUT2D eigenvalue weighted by Gasteiger charge is -2.34. The zero-order valence-electron chi connectivity index (χ0n) is 18.3. The Morgan fingerprint density at radius 2 is 0.963 bits per heavy atom. The smallest absolute Gasteiger partial charge is 0.324 e. The predicted molar refractivity (Wildman–Crippen MR) is 117 cm³/mol. The molecule has 2 nitrogen and oxygen atoms in total. The Balaban J connectivity index is 1.47. The van der Waals surface area contributed by atoms with Crippen molar-refractivity contribution >= 4 is 9.28 Å². The maximum absolute atomic E-state index is 6.65. The predicted octanol–water partition coefficient (Wildman–Crippen LogP) is 7.01. The van der Waals surface area contributed by atoms with Gasteiger partial charge in [0, 0.05) is 13.2 Å². The van der Waals surface area contributed by atoms with Gasteiger partial charge in [0.1, 0.15) is 0 Å². The highest BCUT2D eigenvalue weighted by Crippen LogP contribution is 2.35. The third-order valence-corrected chi connectivity index (χ3v) is 10.5. The summed E-state index contributed by atoms with van der Waals surface area (Å²) in [5, 5.41) is 0. The Bertz CT molecular complexity index is 356. The van der Waals surface area contributed by atoms with Crippen LogP contribution in [0, 0.1) is 23.7 Å². The maximum Gasteiger partial charge on any atom is 0.324 e. The Hall–Kier alpha value is 0.137. The van der Waals surface area contributed by atoms with Gasteiger partial charge in [-0.2, -0.15) is 0 Å². The van der Waals surface area contributed by atoms with Crippen LogP contribution in [0.1, 0.15) is 110 Å². The molecule has 2 atom stereocenters. The molecule has 158 valence electrons. The lowest BCUT2D eigenvalue weighted by Crippen LogP contribution is -2.35. The summed E-state index contributed by atoms with van der Waals surface area (Å²) < 4.78 is 13.3. The summed E-state index contributed by atoms with van der Waals surface area (Å²) in [6.07, 6.45) is 21.3. The zero-order valence-corrected chi connectivity index (χ0v) is 19.5. The van der Waals surface area contributed by atoms with Gasteiger partial charge in [-0.3, -0.25) is 0 Å². The zero-order chi connectivity index (χ0) is 18.9. The summed E-state index contributed by atoms with van der Waals surface area (Å²) >= 11 is 0. The van der Waals surface area contributed by atoms with Crippen LogP contribution < -0.4 is 0 Å². The van der Waals surface area contributed by atoms with Crippen molar-refractivity contribution in [2.45, 2.75) is 116 Å². The number of rotatable bonds is 9. The molecule has 3 rings (SSSR count). The van der Waals surface area contributed by atoms with Crippen molar-refractivity contribution in [3.05, 3.63) is 0 Å². The molecule has 3 aliphatic rings. The van der Waals surface area contributed by atoms with Crippen molar-refractivity contribution in [2.24, 2.45) is 23.7 Å². The maximum atomic E-state index is 6.65. The molecule has 0 aliphatic heterocycles. The van der Waals surface area contributed by atoms with Gasteiger partial charge in [-0.1, -0.05) is 97.3 Å². The second kappa shape index (κ2) is 12.0. The largest absolute Gasteiger partial charge is 0.396 e. The standard InChI is InChI=1S/C24H46O2Si/c1-20(22-12-6-3-7-13-22)18-25-27(24-16-10-5-11-17-24)26-19-21(2)23-14-8-4-9-15-23/h20-24,27H,3-19H2,1-2H3. The second-order valence-electron chi connectivity index (χ2n) is 10.2. The van der Waals surface area contributed by atoms with E-state index >= 15 is 0 Å². The molecule has 0 aromatic rings. The Labute approximate surface area is 171 Å². The number of hydrogen-bond donors (Lipinski definition) is 0. The summed E-state index contributed by atoms with van der Waals surface area (Å²) in [6.45, 7) is 6.81. The molecule has 3 heteroatoms. The first kappa shape index (κ1) is 21.8. The quantitative estimate of drug-likeness (QED) is 0.392. The van der Waals surface area contributed by atoms with E-state index in [0.717, 1.165) is 42.4 Å². The van der Waals surface area contributed by atoms with Gasteiger partial charge in [-0.05, 0) is 42.1 Å². The molecule has 27 heavy (non-hydrogen) atoms. The Kier molecular flexibility index (Phi) is 9.68.